The second-order valence-corrected chi connectivity index (χ2v) is 8.02. The Bertz CT molecular complexity index is 1020. The van der Waals surface area contributed by atoms with Gasteiger partial charge in [-0.15, -0.1) is 5.10 Å². The van der Waals surface area contributed by atoms with E-state index in [-0.39, 0.29) is 11.7 Å². The number of nitrogens with zero attached hydrogens (tertiary/aromatic N) is 6. The van der Waals surface area contributed by atoms with Crippen molar-refractivity contribution in [3.05, 3.63) is 59.2 Å². The number of aromatic nitrogens is 4. The molecule has 1 fully saturated rings. The fourth-order valence-corrected chi connectivity index (χ4v) is 4.04. The average molecular weight is 408 g/mol. The Morgan fingerprint density at radius 2 is 1.97 bits per heavy atom. The molecule has 0 aliphatic carbocycles. The lowest BCUT2D eigenvalue weighted by molar-refractivity contribution is 0.0863. The number of rotatable bonds is 6. The van der Waals surface area contributed by atoms with E-state index in [1.807, 2.05) is 19.9 Å². The summed E-state index contributed by atoms with van der Waals surface area (Å²) >= 11 is 0. The molecule has 0 unspecified atom stereocenters. The van der Waals surface area contributed by atoms with Gasteiger partial charge in [0.2, 0.25) is 5.82 Å². The standard InChI is InChI=1S/C22H29N7O/c1-16-14-17(2)29-22(24-16)25-20(26-29)21(30)23-10-7-11-28-13-12-27(3)15-19(28)18-8-5-4-6-9-18/h4-6,8-9,14,19H,7,10-13,15H2,1-3H3,(H,23,30)/t19-/m0/s1. The first kappa shape index (κ1) is 20.4. The first-order valence-electron chi connectivity index (χ1n) is 10.5. The molecule has 8 nitrogen and oxygen atoms in total. The molecule has 1 atom stereocenters. The summed E-state index contributed by atoms with van der Waals surface area (Å²) in [5, 5.41) is 7.25. The van der Waals surface area contributed by atoms with Gasteiger partial charge in [0.25, 0.3) is 11.7 Å². The van der Waals surface area contributed by atoms with Crippen molar-refractivity contribution in [2.75, 3.05) is 39.8 Å². The second kappa shape index (κ2) is 8.89. The molecule has 0 radical (unpaired) electrons. The minimum Gasteiger partial charge on any atom is -0.349 e. The minimum atomic E-state index is -0.254. The highest BCUT2D eigenvalue weighted by molar-refractivity contribution is 5.90. The van der Waals surface area contributed by atoms with Crippen LogP contribution in [0.15, 0.2) is 36.4 Å². The van der Waals surface area contributed by atoms with Gasteiger partial charge in [0.1, 0.15) is 0 Å². The SMILES string of the molecule is Cc1cc(C)n2nc(C(=O)NCCCN3CCN(C)C[C@H]3c3ccccc3)nc2n1. The maximum absolute atomic E-state index is 12.5. The molecule has 1 aromatic carbocycles. The van der Waals surface area contributed by atoms with Gasteiger partial charge in [-0.2, -0.15) is 4.98 Å². The molecule has 4 rings (SSSR count). The molecule has 1 amide bonds. The Labute approximate surface area is 176 Å². The number of fused-ring (bicyclic) bond motifs is 1. The lowest BCUT2D eigenvalue weighted by Gasteiger charge is -2.40. The summed E-state index contributed by atoms with van der Waals surface area (Å²) < 4.78 is 1.61. The topological polar surface area (TPSA) is 78.7 Å². The van der Waals surface area contributed by atoms with E-state index in [4.69, 9.17) is 0 Å². The van der Waals surface area contributed by atoms with Gasteiger partial charge in [0.15, 0.2) is 0 Å². The number of hydrogen-bond donors (Lipinski definition) is 1. The normalized spacial score (nSPS) is 18.0. The predicted octanol–water partition coefficient (Wildman–Crippen LogP) is 1.85. The van der Waals surface area contributed by atoms with Crippen LogP contribution in [0.3, 0.4) is 0 Å². The fourth-order valence-electron chi connectivity index (χ4n) is 4.04. The summed E-state index contributed by atoms with van der Waals surface area (Å²) in [6, 6.07) is 13.0. The number of benzene rings is 1. The van der Waals surface area contributed by atoms with Gasteiger partial charge in [-0.3, -0.25) is 9.69 Å². The number of hydrogen-bond acceptors (Lipinski definition) is 6. The molecule has 0 saturated carbocycles. The Kier molecular flexibility index (Phi) is 6.06. The Morgan fingerprint density at radius 1 is 1.17 bits per heavy atom. The fraction of sp³-hybridized carbons (Fsp3) is 0.455. The van der Waals surface area contributed by atoms with E-state index in [1.165, 1.54) is 5.56 Å². The van der Waals surface area contributed by atoms with E-state index in [2.05, 4.69) is 67.6 Å². The second-order valence-electron chi connectivity index (χ2n) is 8.02. The highest BCUT2D eigenvalue weighted by atomic mass is 16.2. The summed E-state index contributed by atoms with van der Waals surface area (Å²) in [6.07, 6.45) is 0.878. The van der Waals surface area contributed by atoms with E-state index in [1.54, 1.807) is 4.52 Å². The van der Waals surface area contributed by atoms with Crippen molar-refractivity contribution in [3.63, 3.8) is 0 Å². The van der Waals surface area contributed by atoms with Crippen LogP contribution in [-0.2, 0) is 0 Å². The first-order chi connectivity index (χ1) is 14.5. The first-order valence-corrected chi connectivity index (χ1v) is 10.5. The van der Waals surface area contributed by atoms with Crippen LogP contribution >= 0.6 is 0 Å². The van der Waals surface area contributed by atoms with Crippen molar-refractivity contribution in [3.8, 4) is 0 Å². The highest BCUT2D eigenvalue weighted by Crippen LogP contribution is 2.24. The molecule has 30 heavy (non-hydrogen) atoms. The van der Waals surface area contributed by atoms with Crippen LogP contribution in [0.25, 0.3) is 5.78 Å². The third-order valence-corrected chi connectivity index (χ3v) is 5.61. The highest BCUT2D eigenvalue weighted by Gasteiger charge is 2.26. The molecule has 1 aliphatic heterocycles. The van der Waals surface area contributed by atoms with Crippen molar-refractivity contribution in [1.29, 1.82) is 0 Å². The molecule has 1 aliphatic rings. The molecular weight excluding hydrogens is 378 g/mol. The van der Waals surface area contributed by atoms with E-state index in [9.17, 15) is 4.79 Å². The average Bonchev–Trinajstić information content (AvgIpc) is 3.17. The van der Waals surface area contributed by atoms with Crippen LogP contribution in [0, 0.1) is 13.8 Å². The number of amides is 1. The quantitative estimate of drug-likeness (QED) is 0.629. The third kappa shape index (κ3) is 4.49. The van der Waals surface area contributed by atoms with E-state index < -0.39 is 0 Å². The predicted molar refractivity (Wildman–Crippen MR) is 115 cm³/mol. The van der Waals surface area contributed by atoms with Gasteiger partial charge in [0, 0.05) is 50.2 Å². The van der Waals surface area contributed by atoms with Gasteiger partial charge < -0.3 is 10.2 Å². The molecule has 3 heterocycles. The van der Waals surface area contributed by atoms with Crippen LogP contribution in [0.1, 0.15) is 40.0 Å². The van der Waals surface area contributed by atoms with E-state index >= 15 is 0 Å². The van der Waals surface area contributed by atoms with Crippen LogP contribution < -0.4 is 5.32 Å². The molecule has 158 valence electrons. The summed E-state index contributed by atoms with van der Waals surface area (Å²) in [6.45, 7) is 8.47. The Morgan fingerprint density at radius 3 is 2.77 bits per heavy atom. The van der Waals surface area contributed by atoms with Crippen molar-refractivity contribution < 1.29 is 4.79 Å². The molecule has 8 heteroatoms. The van der Waals surface area contributed by atoms with Crippen molar-refractivity contribution >= 4 is 11.7 Å². The Balaban J connectivity index is 1.33. The van der Waals surface area contributed by atoms with Crippen LogP contribution in [0.5, 0.6) is 0 Å². The number of aryl methyl sites for hydroxylation is 2. The van der Waals surface area contributed by atoms with Gasteiger partial charge in [0.05, 0.1) is 0 Å². The van der Waals surface area contributed by atoms with Gasteiger partial charge in [-0.1, -0.05) is 30.3 Å². The number of nitrogens with one attached hydrogen (secondary N) is 1. The number of carbonyl (C=O) groups excluding carboxylic acids is 1. The summed E-state index contributed by atoms with van der Waals surface area (Å²) in [4.78, 5) is 26.0. The van der Waals surface area contributed by atoms with Gasteiger partial charge in [-0.25, -0.2) is 9.50 Å². The molecule has 0 spiro atoms. The number of piperazine rings is 1. The summed E-state index contributed by atoms with van der Waals surface area (Å²) in [5.41, 5.74) is 3.12. The van der Waals surface area contributed by atoms with Crippen molar-refractivity contribution in [2.24, 2.45) is 0 Å². The largest absolute Gasteiger partial charge is 0.349 e. The maximum Gasteiger partial charge on any atom is 0.291 e. The Hall–Kier alpha value is -2.84. The lowest BCUT2D eigenvalue weighted by atomic mass is 10.0. The third-order valence-electron chi connectivity index (χ3n) is 5.61. The zero-order valence-electron chi connectivity index (χ0n) is 17.9. The van der Waals surface area contributed by atoms with Crippen molar-refractivity contribution in [2.45, 2.75) is 26.3 Å². The lowest BCUT2D eigenvalue weighted by Crippen LogP contribution is -2.47. The summed E-state index contributed by atoms with van der Waals surface area (Å²) in [7, 11) is 2.17. The number of carbonyl (C=O) groups is 1. The zero-order chi connectivity index (χ0) is 21.1. The van der Waals surface area contributed by atoms with Crippen LogP contribution in [-0.4, -0.2) is 75.1 Å². The zero-order valence-corrected chi connectivity index (χ0v) is 17.9. The molecule has 1 saturated heterocycles. The van der Waals surface area contributed by atoms with Crippen molar-refractivity contribution in [1.82, 2.24) is 34.7 Å². The smallest absolute Gasteiger partial charge is 0.291 e. The molecule has 2 aromatic heterocycles. The minimum absolute atomic E-state index is 0.165. The molecule has 3 aromatic rings. The van der Waals surface area contributed by atoms with Gasteiger partial charge in [-0.05, 0) is 38.9 Å². The van der Waals surface area contributed by atoms with Gasteiger partial charge >= 0.3 is 0 Å². The van der Waals surface area contributed by atoms with Crippen LogP contribution in [0.2, 0.25) is 0 Å². The molecule has 0 bridgehead atoms. The van der Waals surface area contributed by atoms with E-state index in [0.717, 1.165) is 44.0 Å². The molecule has 1 N–H and O–H groups in total. The van der Waals surface area contributed by atoms with E-state index in [0.29, 0.717) is 18.4 Å². The monoisotopic (exact) mass is 407 g/mol. The van der Waals surface area contributed by atoms with Crippen LogP contribution in [0.4, 0.5) is 0 Å². The maximum atomic E-state index is 12.5. The summed E-state index contributed by atoms with van der Waals surface area (Å²) in [5.74, 6) is 0.370. The molecular formula is C22H29N7O. The number of likely N-dealkylation sites (N-methyl/N-ethyl adjacent to an activating group) is 1.